The molecule has 0 bridgehead atoms. The van der Waals surface area contributed by atoms with Crippen molar-refractivity contribution in [3.05, 3.63) is 42.0 Å². The average Bonchev–Trinajstić information content (AvgIpc) is 2.53. The molecule has 1 aromatic rings. The molecular weight excluding hydrogens is 278 g/mol. The highest BCUT2D eigenvalue weighted by Crippen LogP contribution is 2.07. The van der Waals surface area contributed by atoms with E-state index >= 15 is 0 Å². The minimum absolute atomic E-state index is 0.0703. The highest BCUT2D eigenvalue weighted by molar-refractivity contribution is 5.76. The molecule has 0 radical (unpaired) electrons. The van der Waals surface area contributed by atoms with E-state index in [9.17, 15) is 9.90 Å². The second-order valence-corrected chi connectivity index (χ2v) is 5.40. The molecule has 1 amide bonds. The normalized spacial score (nSPS) is 14.0. The maximum absolute atomic E-state index is 11.9. The van der Waals surface area contributed by atoms with E-state index in [1.807, 2.05) is 36.4 Å². The van der Waals surface area contributed by atoms with Crippen LogP contribution in [0.3, 0.4) is 0 Å². The van der Waals surface area contributed by atoms with Crippen LogP contribution < -0.4 is 5.32 Å². The van der Waals surface area contributed by atoms with Gasteiger partial charge in [-0.15, -0.1) is 0 Å². The third kappa shape index (κ3) is 7.38. The zero-order valence-corrected chi connectivity index (χ0v) is 13.2. The summed E-state index contributed by atoms with van der Waals surface area (Å²) in [5.41, 5.74) is 0.985. The lowest BCUT2D eigenvalue weighted by Gasteiger charge is -2.21. The van der Waals surface area contributed by atoms with Crippen molar-refractivity contribution in [2.75, 3.05) is 6.61 Å². The van der Waals surface area contributed by atoms with Crippen molar-refractivity contribution in [1.82, 2.24) is 5.32 Å². The molecule has 2 atom stereocenters. The van der Waals surface area contributed by atoms with E-state index in [1.54, 1.807) is 6.08 Å². The first kappa shape index (κ1) is 18.4. The topological polar surface area (TPSA) is 69.6 Å². The van der Waals surface area contributed by atoms with Gasteiger partial charge in [0.05, 0.1) is 12.1 Å². The fourth-order valence-electron chi connectivity index (χ4n) is 2.19. The maximum atomic E-state index is 11.9. The third-order valence-electron chi connectivity index (χ3n) is 3.49. The van der Waals surface area contributed by atoms with Crippen molar-refractivity contribution in [2.45, 2.75) is 51.2 Å². The predicted molar refractivity (Wildman–Crippen MR) is 89.3 cm³/mol. The van der Waals surface area contributed by atoms with Gasteiger partial charge in [-0.25, -0.2) is 0 Å². The highest BCUT2D eigenvalue weighted by atomic mass is 16.3. The Labute approximate surface area is 132 Å². The molecule has 0 fully saturated rings. The molecule has 0 spiro atoms. The van der Waals surface area contributed by atoms with Gasteiger partial charge in [-0.1, -0.05) is 62.2 Å². The number of aliphatic hydroxyl groups is 2. The number of aliphatic hydroxyl groups excluding tert-OH is 2. The first-order valence-corrected chi connectivity index (χ1v) is 7.99. The summed E-state index contributed by atoms with van der Waals surface area (Å²) in [6.45, 7) is 2.01. The second kappa shape index (κ2) is 11.0. The highest BCUT2D eigenvalue weighted by Gasteiger charge is 2.18. The summed E-state index contributed by atoms with van der Waals surface area (Å²) in [7, 11) is 0. The Kier molecular flexibility index (Phi) is 9.19. The number of unbranched alkanes of at least 4 members (excludes halogenated alkanes) is 2. The molecule has 4 nitrogen and oxygen atoms in total. The largest absolute Gasteiger partial charge is 0.396 e. The molecule has 0 saturated carbocycles. The van der Waals surface area contributed by atoms with Crippen LogP contribution >= 0.6 is 0 Å². The van der Waals surface area contributed by atoms with Crippen LogP contribution in [0.2, 0.25) is 0 Å². The zero-order chi connectivity index (χ0) is 16.2. The average molecular weight is 305 g/mol. The van der Waals surface area contributed by atoms with Gasteiger partial charge in [0.15, 0.2) is 0 Å². The molecule has 0 saturated heterocycles. The quantitative estimate of drug-likeness (QED) is 0.582. The summed E-state index contributed by atoms with van der Waals surface area (Å²) >= 11 is 0. The minimum atomic E-state index is -0.817. The SMILES string of the molecule is CCCCCC(=O)N[C@@H](CCO)[C@H](O)/C=C/c1ccccc1. The smallest absolute Gasteiger partial charge is 0.220 e. The summed E-state index contributed by atoms with van der Waals surface area (Å²) in [5.74, 6) is -0.0703. The molecule has 3 N–H and O–H groups in total. The van der Waals surface area contributed by atoms with Crippen molar-refractivity contribution in [3.8, 4) is 0 Å². The number of hydrogen-bond acceptors (Lipinski definition) is 3. The van der Waals surface area contributed by atoms with E-state index in [0.29, 0.717) is 12.8 Å². The standard InChI is InChI=1S/C18H27NO3/c1-2-3-5-10-18(22)19-16(13-14-20)17(21)12-11-15-8-6-4-7-9-15/h4,6-9,11-12,16-17,20-21H,2-3,5,10,13-14H2,1H3,(H,19,22)/b12-11+/t16-,17+/m0/s1. The number of rotatable bonds is 10. The molecule has 0 aliphatic heterocycles. The molecule has 1 aromatic carbocycles. The van der Waals surface area contributed by atoms with Crippen molar-refractivity contribution < 1.29 is 15.0 Å². The summed E-state index contributed by atoms with van der Waals surface area (Å²) in [6, 6.07) is 9.19. The third-order valence-corrected chi connectivity index (χ3v) is 3.49. The number of carbonyl (C=O) groups excluding carboxylic acids is 1. The molecule has 0 unspecified atom stereocenters. The number of amides is 1. The number of carbonyl (C=O) groups is 1. The van der Waals surface area contributed by atoms with Crippen molar-refractivity contribution >= 4 is 12.0 Å². The second-order valence-electron chi connectivity index (χ2n) is 5.40. The lowest BCUT2D eigenvalue weighted by molar-refractivity contribution is -0.122. The van der Waals surface area contributed by atoms with Crippen molar-refractivity contribution in [1.29, 1.82) is 0 Å². The van der Waals surface area contributed by atoms with Crippen LogP contribution in [0.5, 0.6) is 0 Å². The van der Waals surface area contributed by atoms with E-state index in [0.717, 1.165) is 24.8 Å². The van der Waals surface area contributed by atoms with Crippen LogP contribution in [0.15, 0.2) is 36.4 Å². The molecular formula is C18H27NO3. The predicted octanol–water partition coefficient (Wildman–Crippen LogP) is 2.51. The van der Waals surface area contributed by atoms with E-state index in [4.69, 9.17) is 5.11 Å². The van der Waals surface area contributed by atoms with E-state index in [2.05, 4.69) is 12.2 Å². The summed E-state index contributed by atoms with van der Waals surface area (Å²) < 4.78 is 0. The Morgan fingerprint density at radius 2 is 2.00 bits per heavy atom. The molecule has 4 heteroatoms. The van der Waals surface area contributed by atoms with E-state index < -0.39 is 12.1 Å². The first-order chi connectivity index (χ1) is 10.7. The van der Waals surface area contributed by atoms with Gasteiger partial charge >= 0.3 is 0 Å². The van der Waals surface area contributed by atoms with Crippen LogP contribution in [-0.2, 0) is 4.79 Å². The molecule has 0 aliphatic carbocycles. The van der Waals surface area contributed by atoms with Gasteiger partial charge in [0, 0.05) is 13.0 Å². The monoisotopic (exact) mass is 305 g/mol. The summed E-state index contributed by atoms with van der Waals surface area (Å²) in [6.07, 6.45) is 6.39. The Hall–Kier alpha value is -1.65. The fourth-order valence-corrected chi connectivity index (χ4v) is 2.19. The minimum Gasteiger partial charge on any atom is -0.396 e. The maximum Gasteiger partial charge on any atom is 0.220 e. The van der Waals surface area contributed by atoms with Crippen LogP contribution in [0.1, 0.15) is 44.6 Å². The van der Waals surface area contributed by atoms with Gasteiger partial charge in [-0.3, -0.25) is 4.79 Å². The molecule has 22 heavy (non-hydrogen) atoms. The summed E-state index contributed by atoms with van der Waals surface area (Å²) in [5, 5.41) is 22.1. The van der Waals surface area contributed by atoms with Crippen LogP contribution in [0.4, 0.5) is 0 Å². The number of nitrogens with one attached hydrogen (secondary N) is 1. The molecule has 122 valence electrons. The molecule has 0 aliphatic rings. The summed E-state index contributed by atoms with van der Waals surface area (Å²) in [4.78, 5) is 11.9. The van der Waals surface area contributed by atoms with Gasteiger partial charge in [0.2, 0.25) is 5.91 Å². The Balaban J connectivity index is 2.53. The molecule has 1 rings (SSSR count). The van der Waals surface area contributed by atoms with Gasteiger partial charge in [-0.2, -0.15) is 0 Å². The first-order valence-electron chi connectivity index (χ1n) is 7.99. The van der Waals surface area contributed by atoms with Crippen LogP contribution in [0.25, 0.3) is 6.08 Å². The van der Waals surface area contributed by atoms with Crippen molar-refractivity contribution in [2.24, 2.45) is 0 Å². The van der Waals surface area contributed by atoms with Crippen LogP contribution in [0, 0.1) is 0 Å². The van der Waals surface area contributed by atoms with Gasteiger partial charge in [-0.05, 0) is 18.4 Å². The fraction of sp³-hybridized carbons (Fsp3) is 0.500. The zero-order valence-electron chi connectivity index (χ0n) is 13.2. The Morgan fingerprint density at radius 1 is 1.27 bits per heavy atom. The molecule has 0 aromatic heterocycles. The Morgan fingerprint density at radius 3 is 2.64 bits per heavy atom. The Bertz CT molecular complexity index is 445. The van der Waals surface area contributed by atoms with Gasteiger partial charge < -0.3 is 15.5 Å². The van der Waals surface area contributed by atoms with E-state index in [-0.39, 0.29) is 12.5 Å². The van der Waals surface area contributed by atoms with Crippen molar-refractivity contribution in [3.63, 3.8) is 0 Å². The number of benzene rings is 1. The van der Waals surface area contributed by atoms with Crippen LogP contribution in [-0.4, -0.2) is 34.9 Å². The van der Waals surface area contributed by atoms with Gasteiger partial charge in [0.1, 0.15) is 0 Å². The lowest BCUT2D eigenvalue weighted by Crippen LogP contribution is -2.43. The van der Waals surface area contributed by atoms with Gasteiger partial charge in [0.25, 0.3) is 0 Å². The molecule has 0 heterocycles. The number of hydrogen-bond donors (Lipinski definition) is 3. The lowest BCUT2D eigenvalue weighted by atomic mass is 10.1. The van der Waals surface area contributed by atoms with E-state index in [1.165, 1.54) is 0 Å².